The van der Waals surface area contributed by atoms with Crippen molar-refractivity contribution in [3.8, 4) is 0 Å². The Kier molecular flexibility index (Phi) is 37.6. The summed E-state index contributed by atoms with van der Waals surface area (Å²) in [5, 5.41) is 33.1. The van der Waals surface area contributed by atoms with E-state index in [1.165, 1.54) is 173 Å². The van der Waals surface area contributed by atoms with Gasteiger partial charge >= 0.3 is 0 Å². The number of carbonyl (C=O) groups is 1. The molecular formula is C44H87NO4. The van der Waals surface area contributed by atoms with Gasteiger partial charge < -0.3 is 20.6 Å². The molecule has 0 fully saturated rings. The monoisotopic (exact) mass is 694 g/mol. The van der Waals surface area contributed by atoms with Crippen molar-refractivity contribution in [1.29, 1.82) is 0 Å². The van der Waals surface area contributed by atoms with Gasteiger partial charge in [0, 0.05) is 0 Å². The Morgan fingerprint density at radius 1 is 0.531 bits per heavy atom. The van der Waals surface area contributed by atoms with E-state index < -0.39 is 24.2 Å². The third kappa shape index (κ3) is 35.3. The highest BCUT2D eigenvalue weighted by molar-refractivity contribution is 5.80. The van der Waals surface area contributed by atoms with Gasteiger partial charge in [0.05, 0.1) is 18.8 Å². The summed E-state index contributed by atoms with van der Waals surface area (Å²) in [6.07, 6.45) is 44.0. The molecule has 0 aliphatic rings. The lowest BCUT2D eigenvalue weighted by Crippen LogP contribution is -2.48. The van der Waals surface area contributed by atoms with E-state index in [1.54, 1.807) is 6.08 Å². The van der Waals surface area contributed by atoms with Crippen LogP contribution in [0.3, 0.4) is 0 Å². The van der Waals surface area contributed by atoms with Crippen molar-refractivity contribution in [2.45, 2.75) is 251 Å². The fourth-order valence-electron chi connectivity index (χ4n) is 6.84. The van der Waals surface area contributed by atoms with Crippen molar-refractivity contribution in [1.82, 2.24) is 5.32 Å². The van der Waals surface area contributed by atoms with Gasteiger partial charge in [0.25, 0.3) is 0 Å². The maximum absolute atomic E-state index is 12.4. The highest BCUT2D eigenvalue weighted by Crippen LogP contribution is 2.17. The zero-order chi connectivity index (χ0) is 36.0. The van der Waals surface area contributed by atoms with Crippen LogP contribution in [0.1, 0.15) is 233 Å². The average molecular weight is 694 g/mol. The van der Waals surface area contributed by atoms with Crippen LogP contribution in [0.25, 0.3) is 0 Å². The Bertz CT molecular complexity index is 696. The van der Waals surface area contributed by atoms with E-state index in [1.807, 2.05) is 6.08 Å². The quantitative estimate of drug-likeness (QED) is 0.0381. The van der Waals surface area contributed by atoms with E-state index >= 15 is 0 Å². The summed E-state index contributed by atoms with van der Waals surface area (Å²) in [4.78, 5) is 12.4. The molecule has 5 heteroatoms. The topological polar surface area (TPSA) is 89.8 Å². The summed E-state index contributed by atoms with van der Waals surface area (Å²) in [6.45, 7) is 6.50. The van der Waals surface area contributed by atoms with Crippen LogP contribution in [-0.2, 0) is 4.79 Å². The number of rotatable bonds is 39. The molecule has 0 aromatic rings. The van der Waals surface area contributed by atoms with Crippen molar-refractivity contribution in [3.63, 3.8) is 0 Å². The van der Waals surface area contributed by atoms with E-state index in [0.717, 1.165) is 38.0 Å². The lowest BCUT2D eigenvalue weighted by atomic mass is 10.0. The van der Waals surface area contributed by atoms with Crippen LogP contribution >= 0.6 is 0 Å². The van der Waals surface area contributed by atoms with E-state index in [-0.39, 0.29) is 6.61 Å². The van der Waals surface area contributed by atoms with Crippen LogP contribution in [0.2, 0.25) is 0 Å². The van der Waals surface area contributed by atoms with Gasteiger partial charge in [-0.15, -0.1) is 0 Å². The smallest absolute Gasteiger partial charge is 0.249 e. The number of nitrogens with one attached hydrogen (secondary N) is 1. The molecule has 0 radical (unpaired) electrons. The second-order valence-corrected chi connectivity index (χ2v) is 15.7. The molecule has 1 amide bonds. The van der Waals surface area contributed by atoms with Crippen molar-refractivity contribution in [2.24, 2.45) is 5.92 Å². The molecule has 0 heterocycles. The fraction of sp³-hybridized carbons (Fsp3) is 0.932. The molecular weight excluding hydrogens is 606 g/mol. The number of aliphatic hydroxyl groups is 3. The third-order valence-electron chi connectivity index (χ3n) is 10.3. The predicted molar refractivity (Wildman–Crippen MR) is 213 cm³/mol. The van der Waals surface area contributed by atoms with Crippen molar-refractivity contribution < 1.29 is 20.1 Å². The number of allylic oxidation sites excluding steroid dienone is 1. The minimum atomic E-state index is -1.09. The van der Waals surface area contributed by atoms with Crippen LogP contribution in [0.15, 0.2) is 12.2 Å². The molecule has 292 valence electrons. The molecule has 0 spiro atoms. The maximum Gasteiger partial charge on any atom is 0.249 e. The van der Waals surface area contributed by atoms with Crippen LogP contribution < -0.4 is 5.32 Å². The molecule has 3 atom stereocenters. The molecule has 5 nitrogen and oxygen atoms in total. The average Bonchev–Trinajstić information content (AvgIpc) is 3.09. The SMILES string of the molecule is CCCCCCCCCCCCCCCCCCCCCCCCCC(O)C(=O)N[C@@H](CO)[C@H](O)/C=C/CCCCCCCCCC(C)C. The highest BCUT2D eigenvalue weighted by atomic mass is 16.3. The van der Waals surface area contributed by atoms with Crippen molar-refractivity contribution in [2.75, 3.05) is 6.61 Å². The van der Waals surface area contributed by atoms with Gasteiger partial charge in [-0.05, 0) is 25.2 Å². The molecule has 0 rings (SSSR count). The molecule has 0 aromatic carbocycles. The predicted octanol–water partition coefficient (Wildman–Crippen LogP) is 12.3. The Labute approximate surface area is 306 Å². The first-order valence-corrected chi connectivity index (χ1v) is 21.9. The van der Waals surface area contributed by atoms with Gasteiger partial charge in [0.2, 0.25) is 5.91 Å². The molecule has 0 bridgehead atoms. The van der Waals surface area contributed by atoms with Crippen LogP contribution in [0, 0.1) is 5.92 Å². The largest absolute Gasteiger partial charge is 0.394 e. The van der Waals surface area contributed by atoms with E-state index in [0.29, 0.717) is 6.42 Å². The first-order chi connectivity index (χ1) is 23.9. The Morgan fingerprint density at radius 2 is 0.878 bits per heavy atom. The molecule has 0 saturated carbocycles. The zero-order valence-corrected chi connectivity index (χ0v) is 33.3. The number of unbranched alkanes of at least 4 members (excludes halogenated alkanes) is 29. The van der Waals surface area contributed by atoms with Gasteiger partial charge in [-0.2, -0.15) is 0 Å². The highest BCUT2D eigenvalue weighted by Gasteiger charge is 2.22. The maximum atomic E-state index is 12.4. The molecule has 0 aromatic heterocycles. The Hall–Kier alpha value is -0.910. The molecule has 4 N–H and O–H groups in total. The van der Waals surface area contributed by atoms with Crippen LogP contribution in [0.4, 0.5) is 0 Å². The number of hydrogen-bond acceptors (Lipinski definition) is 4. The number of amides is 1. The van der Waals surface area contributed by atoms with Gasteiger partial charge in [0.1, 0.15) is 6.10 Å². The lowest BCUT2D eigenvalue weighted by Gasteiger charge is -2.21. The molecule has 0 aliphatic carbocycles. The summed E-state index contributed by atoms with van der Waals surface area (Å²) in [7, 11) is 0. The normalized spacial score (nSPS) is 13.8. The van der Waals surface area contributed by atoms with Gasteiger partial charge in [-0.3, -0.25) is 4.79 Å². The van der Waals surface area contributed by atoms with E-state index in [2.05, 4.69) is 26.1 Å². The van der Waals surface area contributed by atoms with Crippen molar-refractivity contribution in [3.05, 3.63) is 12.2 Å². The van der Waals surface area contributed by atoms with Gasteiger partial charge in [-0.25, -0.2) is 0 Å². The lowest BCUT2D eigenvalue weighted by molar-refractivity contribution is -0.131. The van der Waals surface area contributed by atoms with Gasteiger partial charge in [-0.1, -0.05) is 226 Å². The van der Waals surface area contributed by atoms with E-state index in [9.17, 15) is 20.1 Å². The summed E-state index contributed by atoms with van der Waals surface area (Å²) in [6, 6.07) is -0.793. The zero-order valence-electron chi connectivity index (χ0n) is 33.3. The summed E-state index contributed by atoms with van der Waals surface area (Å²) < 4.78 is 0. The molecule has 0 saturated heterocycles. The summed E-state index contributed by atoms with van der Waals surface area (Å²) in [5.74, 6) is 0.308. The standard InChI is InChI=1S/C44H87NO4/c1-4-5-6-7-8-9-10-11-12-13-14-15-16-17-18-19-20-21-22-25-29-32-35-38-43(48)44(49)45-41(39-46)42(47)37-34-31-28-26-23-24-27-30-33-36-40(2)3/h34,37,40-43,46-48H,4-33,35-36,38-39H2,1-3H3,(H,45,49)/b37-34+/t41-,42+,43?/m0/s1. The second kappa shape index (κ2) is 38.3. The van der Waals surface area contributed by atoms with Crippen LogP contribution in [-0.4, -0.2) is 46.1 Å². The number of hydrogen-bond donors (Lipinski definition) is 4. The summed E-state index contributed by atoms with van der Waals surface area (Å²) >= 11 is 0. The molecule has 1 unspecified atom stereocenters. The first kappa shape index (κ1) is 48.1. The minimum absolute atomic E-state index is 0.361. The summed E-state index contributed by atoms with van der Waals surface area (Å²) in [5.41, 5.74) is 0. The molecule has 0 aliphatic heterocycles. The first-order valence-electron chi connectivity index (χ1n) is 21.9. The fourth-order valence-corrected chi connectivity index (χ4v) is 6.84. The van der Waals surface area contributed by atoms with Crippen molar-refractivity contribution >= 4 is 5.91 Å². The molecule has 49 heavy (non-hydrogen) atoms. The number of aliphatic hydroxyl groups excluding tert-OH is 3. The number of carbonyl (C=O) groups excluding carboxylic acids is 1. The third-order valence-corrected chi connectivity index (χ3v) is 10.3. The second-order valence-electron chi connectivity index (χ2n) is 15.7. The van der Waals surface area contributed by atoms with E-state index in [4.69, 9.17) is 0 Å². The Balaban J connectivity index is 3.59. The van der Waals surface area contributed by atoms with Crippen LogP contribution in [0.5, 0.6) is 0 Å². The Morgan fingerprint density at radius 3 is 1.24 bits per heavy atom. The minimum Gasteiger partial charge on any atom is -0.394 e. The van der Waals surface area contributed by atoms with Gasteiger partial charge in [0.15, 0.2) is 0 Å².